The largest absolute Gasteiger partial charge is 1.00 e. The van der Waals surface area contributed by atoms with Gasteiger partial charge in [-0.05, 0) is 0 Å². The van der Waals surface area contributed by atoms with E-state index < -0.39 is 0 Å². The fourth-order valence-electron chi connectivity index (χ4n) is 0.167. The van der Waals surface area contributed by atoms with Gasteiger partial charge in [-0.1, -0.05) is 0 Å². The van der Waals surface area contributed by atoms with Gasteiger partial charge in [-0.25, -0.2) is 4.98 Å². The second-order valence-electron chi connectivity index (χ2n) is 0.652. The van der Waals surface area contributed by atoms with Crippen LogP contribution in [0.15, 0.2) is 12.7 Å². The summed E-state index contributed by atoms with van der Waals surface area (Å²) in [6.07, 6.45) is 2.96. The molecule has 1 rings (SSSR count). The van der Waals surface area contributed by atoms with Gasteiger partial charge in [0.1, 0.15) is 12.7 Å². The SMILES string of the molecule is [H-].[Na+].c1nc[nH]n1. The Hall–Kier alpha value is 0.140. The molecule has 4 heteroatoms. The minimum absolute atomic E-state index is 0. The molecule has 0 atom stereocenters. The number of H-pyrrole nitrogens is 1. The first-order chi connectivity index (χ1) is 2.50. The molecule has 0 radical (unpaired) electrons. The van der Waals surface area contributed by atoms with E-state index in [1.165, 1.54) is 12.7 Å². The molecule has 0 amide bonds. The number of nitrogens with zero attached hydrogens (tertiary/aromatic N) is 2. The number of aromatic nitrogens is 3. The Morgan fingerprint density at radius 2 is 2.50 bits per heavy atom. The zero-order valence-electron chi connectivity index (χ0n) is 4.55. The van der Waals surface area contributed by atoms with Crippen LogP contribution in [0.5, 0.6) is 0 Å². The standard InChI is InChI=1S/C2H3N3.Na.H/c1-3-2-5-4-1;;/h1-2H,(H,3,4,5);;/q;+1;-1. The second-order valence-corrected chi connectivity index (χ2v) is 0.652. The molecule has 0 saturated carbocycles. The van der Waals surface area contributed by atoms with Gasteiger partial charge in [0.15, 0.2) is 0 Å². The molecule has 0 unspecified atom stereocenters. The van der Waals surface area contributed by atoms with Crippen molar-refractivity contribution in [2.75, 3.05) is 0 Å². The zero-order valence-corrected chi connectivity index (χ0v) is 5.55. The van der Waals surface area contributed by atoms with Crippen molar-refractivity contribution >= 4 is 0 Å². The summed E-state index contributed by atoms with van der Waals surface area (Å²) in [5, 5.41) is 5.99. The van der Waals surface area contributed by atoms with Gasteiger partial charge in [0.2, 0.25) is 0 Å². The van der Waals surface area contributed by atoms with Crippen LogP contribution in [-0.4, -0.2) is 15.2 Å². The van der Waals surface area contributed by atoms with Crippen molar-refractivity contribution in [3.05, 3.63) is 12.7 Å². The van der Waals surface area contributed by atoms with Crippen molar-refractivity contribution in [3.63, 3.8) is 0 Å². The number of hydrogen-bond donors (Lipinski definition) is 1. The smallest absolute Gasteiger partial charge is 1.00 e. The average molecular weight is 93.1 g/mol. The van der Waals surface area contributed by atoms with Crippen molar-refractivity contribution in [2.24, 2.45) is 0 Å². The molecule has 0 bridgehead atoms. The molecule has 0 aliphatic carbocycles. The maximum Gasteiger partial charge on any atom is 1.00 e. The summed E-state index contributed by atoms with van der Waals surface area (Å²) in [5.41, 5.74) is 0. The topological polar surface area (TPSA) is 41.6 Å². The van der Waals surface area contributed by atoms with Crippen LogP contribution in [0.25, 0.3) is 0 Å². The van der Waals surface area contributed by atoms with Gasteiger partial charge in [0.05, 0.1) is 0 Å². The maximum absolute atomic E-state index is 3.56. The summed E-state index contributed by atoms with van der Waals surface area (Å²) in [4.78, 5) is 3.56. The first kappa shape index (κ1) is 6.14. The Bertz CT molecular complexity index is 69.4. The first-order valence-electron chi connectivity index (χ1n) is 1.29. The molecule has 0 aliphatic rings. The molecule has 0 aliphatic heterocycles. The normalized spacial score (nSPS) is 6.67. The van der Waals surface area contributed by atoms with Gasteiger partial charge in [0.25, 0.3) is 0 Å². The molecule has 6 heavy (non-hydrogen) atoms. The van der Waals surface area contributed by atoms with Crippen molar-refractivity contribution in [1.29, 1.82) is 0 Å². The molecule has 0 saturated heterocycles. The molecular weight excluding hydrogens is 89.0 g/mol. The van der Waals surface area contributed by atoms with Crippen LogP contribution >= 0.6 is 0 Å². The summed E-state index contributed by atoms with van der Waals surface area (Å²) in [7, 11) is 0. The van der Waals surface area contributed by atoms with Crippen LogP contribution in [0.1, 0.15) is 1.43 Å². The van der Waals surface area contributed by atoms with Gasteiger partial charge in [0, 0.05) is 0 Å². The van der Waals surface area contributed by atoms with Gasteiger partial charge in [-0.15, -0.1) is 0 Å². The van der Waals surface area contributed by atoms with E-state index in [1.807, 2.05) is 0 Å². The number of hydrogen-bond acceptors (Lipinski definition) is 2. The predicted octanol–water partition coefficient (Wildman–Crippen LogP) is -3.08. The van der Waals surface area contributed by atoms with Crippen molar-refractivity contribution in [2.45, 2.75) is 0 Å². The zero-order chi connectivity index (χ0) is 3.54. The molecule has 0 spiro atoms. The number of aromatic amines is 1. The third-order valence-electron chi connectivity index (χ3n) is 0.331. The summed E-state index contributed by atoms with van der Waals surface area (Å²) in [5.74, 6) is 0. The Balaban J connectivity index is 0. The molecule has 0 fully saturated rings. The van der Waals surface area contributed by atoms with Crippen LogP contribution in [0.3, 0.4) is 0 Å². The van der Waals surface area contributed by atoms with E-state index in [4.69, 9.17) is 0 Å². The van der Waals surface area contributed by atoms with Crippen LogP contribution in [-0.2, 0) is 0 Å². The average Bonchev–Trinajstić information content (AvgIpc) is 1.76. The second kappa shape index (κ2) is 3.33. The molecule has 1 aromatic rings. The van der Waals surface area contributed by atoms with Crippen LogP contribution in [0.2, 0.25) is 0 Å². The Morgan fingerprint density at radius 1 is 1.67 bits per heavy atom. The molecular formula is C2H4N3Na. The van der Waals surface area contributed by atoms with Crippen LogP contribution < -0.4 is 29.6 Å². The fourth-order valence-corrected chi connectivity index (χ4v) is 0.167. The Kier molecular flexibility index (Phi) is 3.41. The summed E-state index contributed by atoms with van der Waals surface area (Å²) < 4.78 is 0. The molecule has 28 valence electrons. The van der Waals surface area contributed by atoms with Crippen molar-refractivity contribution in [1.82, 2.24) is 15.2 Å². The third-order valence-corrected chi connectivity index (χ3v) is 0.331. The molecule has 0 aromatic carbocycles. The predicted molar refractivity (Wildman–Crippen MR) is 17.5 cm³/mol. The van der Waals surface area contributed by atoms with E-state index in [-0.39, 0.29) is 31.0 Å². The molecule has 1 aromatic heterocycles. The van der Waals surface area contributed by atoms with Gasteiger partial charge in [-0.3, -0.25) is 5.10 Å². The van der Waals surface area contributed by atoms with E-state index >= 15 is 0 Å². The fraction of sp³-hybridized carbons (Fsp3) is 0. The summed E-state index contributed by atoms with van der Waals surface area (Å²) in [6.45, 7) is 0. The van der Waals surface area contributed by atoms with Crippen molar-refractivity contribution in [3.8, 4) is 0 Å². The number of nitrogens with one attached hydrogen (secondary N) is 1. The summed E-state index contributed by atoms with van der Waals surface area (Å²) >= 11 is 0. The van der Waals surface area contributed by atoms with E-state index in [1.54, 1.807) is 0 Å². The Labute approximate surface area is 58.9 Å². The minimum atomic E-state index is 0. The van der Waals surface area contributed by atoms with Crippen LogP contribution in [0, 0.1) is 0 Å². The summed E-state index contributed by atoms with van der Waals surface area (Å²) in [6, 6.07) is 0. The third kappa shape index (κ3) is 1.55. The molecule has 1 N–H and O–H groups in total. The van der Waals surface area contributed by atoms with Gasteiger partial charge >= 0.3 is 29.6 Å². The number of rotatable bonds is 0. The molecule has 3 nitrogen and oxygen atoms in total. The maximum atomic E-state index is 3.56. The first-order valence-corrected chi connectivity index (χ1v) is 1.29. The van der Waals surface area contributed by atoms with Gasteiger partial charge in [-0.2, -0.15) is 5.10 Å². The molecule has 1 heterocycles. The van der Waals surface area contributed by atoms with E-state index in [2.05, 4.69) is 15.2 Å². The van der Waals surface area contributed by atoms with Gasteiger partial charge < -0.3 is 1.43 Å². The van der Waals surface area contributed by atoms with Crippen LogP contribution in [0.4, 0.5) is 0 Å². The monoisotopic (exact) mass is 93.0 g/mol. The van der Waals surface area contributed by atoms with Crippen molar-refractivity contribution < 1.29 is 31.0 Å². The Morgan fingerprint density at radius 3 is 2.67 bits per heavy atom. The van der Waals surface area contributed by atoms with E-state index in [0.29, 0.717) is 0 Å². The van der Waals surface area contributed by atoms with E-state index in [9.17, 15) is 0 Å². The minimum Gasteiger partial charge on any atom is -1.00 e. The quantitative estimate of drug-likeness (QED) is 0.346. The van der Waals surface area contributed by atoms with E-state index in [0.717, 1.165) is 0 Å².